The van der Waals surface area contributed by atoms with Crippen molar-refractivity contribution in [3.05, 3.63) is 29.6 Å². The van der Waals surface area contributed by atoms with Crippen molar-refractivity contribution in [2.45, 2.75) is 57.0 Å². The van der Waals surface area contributed by atoms with E-state index >= 15 is 0 Å². The molecule has 1 aromatic heterocycles. The van der Waals surface area contributed by atoms with Gasteiger partial charge in [0.1, 0.15) is 5.82 Å². The van der Waals surface area contributed by atoms with Gasteiger partial charge in [-0.25, -0.2) is 4.98 Å². The van der Waals surface area contributed by atoms with Crippen LogP contribution in [0.25, 0.3) is 11.0 Å². The van der Waals surface area contributed by atoms with Gasteiger partial charge in [-0.1, -0.05) is 6.07 Å². The first-order chi connectivity index (χ1) is 13.1. The molecule has 1 amide bonds. The van der Waals surface area contributed by atoms with E-state index in [1.54, 1.807) is 0 Å². The SMILES string of the molecule is C#CCCC1(CCC(=O)N2CCCC(c3nc4ccc(C)cc4[nH]3)C2)N=N1. The predicted octanol–water partition coefficient (Wildman–Crippen LogP) is 3.93. The van der Waals surface area contributed by atoms with Crippen LogP contribution < -0.4 is 0 Å². The van der Waals surface area contributed by atoms with E-state index in [9.17, 15) is 4.79 Å². The third kappa shape index (κ3) is 3.87. The molecular formula is C21H25N5O. The molecule has 4 rings (SSSR count). The van der Waals surface area contributed by atoms with Crippen molar-refractivity contribution in [3.63, 3.8) is 0 Å². The van der Waals surface area contributed by atoms with Crippen LogP contribution in [-0.2, 0) is 4.79 Å². The Balaban J connectivity index is 1.37. The lowest BCUT2D eigenvalue weighted by molar-refractivity contribution is -0.132. The van der Waals surface area contributed by atoms with Gasteiger partial charge < -0.3 is 9.88 Å². The molecule has 1 unspecified atom stereocenters. The third-order valence-electron chi connectivity index (χ3n) is 5.61. The predicted molar refractivity (Wildman–Crippen MR) is 104 cm³/mol. The number of piperidine rings is 1. The van der Waals surface area contributed by atoms with Crippen molar-refractivity contribution < 1.29 is 4.79 Å². The second-order valence-electron chi connectivity index (χ2n) is 7.71. The summed E-state index contributed by atoms with van der Waals surface area (Å²) in [7, 11) is 0. The van der Waals surface area contributed by atoms with Crippen molar-refractivity contribution in [1.82, 2.24) is 14.9 Å². The summed E-state index contributed by atoms with van der Waals surface area (Å²) >= 11 is 0. The average molecular weight is 363 g/mol. The maximum Gasteiger partial charge on any atom is 0.222 e. The van der Waals surface area contributed by atoms with Crippen LogP contribution in [0.4, 0.5) is 0 Å². The van der Waals surface area contributed by atoms with Gasteiger partial charge in [0.05, 0.1) is 11.0 Å². The lowest BCUT2D eigenvalue weighted by atomic mass is 9.96. The number of hydrogen-bond donors (Lipinski definition) is 1. The highest BCUT2D eigenvalue weighted by Gasteiger charge is 2.40. The number of nitrogens with zero attached hydrogens (tertiary/aromatic N) is 4. The largest absolute Gasteiger partial charge is 0.342 e. The normalized spacial score (nSPS) is 20.6. The number of terminal acetylenes is 1. The van der Waals surface area contributed by atoms with Crippen LogP contribution in [0.15, 0.2) is 28.4 Å². The molecule has 27 heavy (non-hydrogen) atoms. The van der Waals surface area contributed by atoms with E-state index in [0.29, 0.717) is 19.3 Å². The molecule has 140 valence electrons. The Bertz CT molecular complexity index is 916. The maximum absolute atomic E-state index is 12.7. The molecule has 1 aromatic carbocycles. The lowest BCUT2D eigenvalue weighted by Gasteiger charge is -2.32. The van der Waals surface area contributed by atoms with Gasteiger partial charge in [-0.3, -0.25) is 4.79 Å². The summed E-state index contributed by atoms with van der Waals surface area (Å²) in [6.45, 7) is 3.62. The molecule has 0 bridgehead atoms. The zero-order valence-electron chi connectivity index (χ0n) is 15.7. The van der Waals surface area contributed by atoms with Crippen molar-refractivity contribution in [2.75, 3.05) is 13.1 Å². The molecule has 3 heterocycles. The van der Waals surface area contributed by atoms with Gasteiger partial charge in [0.25, 0.3) is 0 Å². The van der Waals surface area contributed by atoms with E-state index in [0.717, 1.165) is 49.2 Å². The molecule has 0 spiro atoms. The van der Waals surface area contributed by atoms with Crippen molar-refractivity contribution in [2.24, 2.45) is 10.2 Å². The van der Waals surface area contributed by atoms with Gasteiger partial charge in [-0.2, -0.15) is 10.2 Å². The number of amides is 1. The monoisotopic (exact) mass is 363 g/mol. The Morgan fingerprint density at radius 3 is 3.04 bits per heavy atom. The molecule has 1 atom stereocenters. The number of aryl methyl sites for hydroxylation is 1. The molecular weight excluding hydrogens is 338 g/mol. The average Bonchev–Trinajstić information content (AvgIpc) is 3.34. The fourth-order valence-corrected chi connectivity index (χ4v) is 3.90. The van der Waals surface area contributed by atoms with Gasteiger partial charge in [-0.15, -0.1) is 12.3 Å². The Morgan fingerprint density at radius 1 is 1.41 bits per heavy atom. The standard InChI is InChI=1S/C21H25N5O/c1-3-4-10-21(24-25-21)11-9-19(27)26-12-5-6-16(14-26)20-22-17-8-7-15(2)13-18(17)23-20/h1,7-8,13,16H,4-6,9-12,14H2,2H3,(H,22,23). The first kappa shape index (κ1) is 17.7. The highest BCUT2D eigenvalue weighted by atomic mass is 16.2. The summed E-state index contributed by atoms with van der Waals surface area (Å²) in [5, 5.41) is 8.25. The van der Waals surface area contributed by atoms with E-state index in [1.165, 1.54) is 5.56 Å². The van der Waals surface area contributed by atoms with Gasteiger partial charge in [0.15, 0.2) is 5.66 Å². The zero-order chi connectivity index (χ0) is 18.9. The molecule has 6 heteroatoms. The van der Waals surface area contributed by atoms with Gasteiger partial charge >= 0.3 is 0 Å². The summed E-state index contributed by atoms with van der Waals surface area (Å²) in [6.07, 6.45) is 9.92. The summed E-state index contributed by atoms with van der Waals surface area (Å²) in [5.41, 5.74) is 2.90. The van der Waals surface area contributed by atoms with Crippen LogP contribution in [0.3, 0.4) is 0 Å². The fraction of sp³-hybridized carbons (Fsp3) is 0.524. The second kappa shape index (κ2) is 7.15. The molecule has 2 aliphatic heterocycles. The summed E-state index contributed by atoms with van der Waals surface area (Å²) < 4.78 is 0. The molecule has 1 N–H and O–H groups in total. The van der Waals surface area contributed by atoms with E-state index in [1.807, 2.05) is 4.90 Å². The van der Waals surface area contributed by atoms with Crippen LogP contribution in [0.5, 0.6) is 0 Å². The summed E-state index contributed by atoms with van der Waals surface area (Å²) in [4.78, 5) is 22.9. The number of fused-ring (bicyclic) bond motifs is 1. The number of aromatic amines is 1. The summed E-state index contributed by atoms with van der Waals surface area (Å²) in [5.74, 6) is 4.07. The molecule has 1 saturated heterocycles. The Morgan fingerprint density at radius 2 is 2.26 bits per heavy atom. The van der Waals surface area contributed by atoms with E-state index < -0.39 is 0 Å². The summed E-state index contributed by atoms with van der Waals surface area (Å²) in [6, 6.07) is 6.25. The van der Waals surface area contributed by atoms with E-state index in [2.05, 4.69) is 46.3 Å². The topological polar surface area (TPSA) is 73.7 Å². The fourth-order valence-electron chi connectivity index (χ4n) is 3.90. The number of hydrogen-bond acceptors (Lipinski definition) is 4. The number of benzene rings is 1. The number of aromatic nitrogens is 2. The van der Waals surface area contributed by atoms with E-state index in [-0.39, 0.29) is 17.5 Å². The first-order valence-electron chi connectivity index (χ1n) is 9.70. The van der Waals surface area contributed by atoms with Crippen LogP contribution >= 0.6 is 0 Å². The molecule has 1 fully saturated rings. The van der Waals surface area contributed by atoms with Gasteiger partial charge in [-0.05, 0) is 37.5 Å². The van der Waals surface area contributed by atoms with Crippen molar-refractivity contribution >= 4 is 16.9 Å². The minimum atomic E-state index is -0.381. The number of likely N-dealkylation sites (tertiary alicyclic amines) is 1. The molecule has 0 radical (unpaired) electrons. The number of carbonyl (C=O) groups excluding carboxylic acids is 1. The minimum Gasteiger partial charge on any atom is -0.342 e. The third-order valence-corrected chi connectivity index (χ3v) is 5.61. The van der Waals surface area contributed by atoms with Crippen molar-refractivity contribution in [3.8, 4) is 12.3 Å². The number of carbonyl (C=O) groups is 1. The smallest absolute Gasteiger partial charge is 0.222 e. The molecule has 0 aliphatic carbocycles. The van der Waals surface area contributed by atoms with Crippen molar-refractivity contribution in [1.29, 1.82) is 0 Å². The number of imidazole rings is 1. The highest BCUT2D eigenvalue weighted by molar-refractivity contribution is 5.77. The van der Waals surface area contributed by atoms with E-state index in [4.69, 9.17) is 11.4 Å². The number of H-pyrrole nitrogens is 1. The Hall–Kier alpha value is -2.68. The van der Waals surface area contributed by atoms with Gasteiger partial charge in [0.2, 0.25) is 5.91 Å². The first-order valence-corrected chi connectivity index (χ1v) is 9.70. The Kier molecular flexibility index (Phi) is 4.69. The van der Waals surface area contributed by atoms with Crippen LogP contribution in [0.1, 0.15) is 55.8 Å². The van der Waals surface area contributed by atoms with Gasteiger partial charge in [0, 0.05) is 44.7 Å². The zero-order valence-corrected chi connectivity index (χ0v) is 15.7. The quantitative estimate of drug-likeness (QED) is 0.790. The lowest BCUT2D eigenvalue weighted by Crippen LogP contribution is -2.39. The molecule has 0 saturated carbocycles. The molecule has 2 aliphatic rings. The maximum atomic E-state index is 12.7. The van der Waals surface area contributed by atoms with Crippen LogP contribution in [-0.4, -0.2) is 39.5 Å². The minimum absolute atomic E-state index is 0.184. The number of nitrogens with one attached hydrogen (secondary N) is 1. The highest BCUT2D eigenvalue weighted by Crippen LogP contribution is 2.38. The Labute approximate surface area is 159 Å². The molecule has 6 nitrogen and oxygen atoms in total. The van der Waals surface area contributed by atoms with Crippen LogP contribution in [0, 0.1) is 19.3 Å². The molecule has 2 aromatic rings. The number of rotatable bonds is 6. The van der Waals surface area contributed by atoms with Crippen LogP contribution in [0.2, 0.25) is 0 Å². The second-order valence-corrected chi connectivity index (χ2v) is 7.71.